The number of aryl methyl sites for hydroxylation is 2. The second kappa shape index (κ2) is 7.08. The zero-order valence-electron chi connectivity index (χ0n) is 13.7. The van der Waals surface area contributed by atoms with Gasteiger partial charge in [0.1, 0.15) is 5.75 Å². The summed E-state index contributed by atoms with van der Waals surface area (Å²) in [5.74, 6) is 1.63. The molecule has 0 unspecified atom stereocenters. The van der Waals surface area contributed by atoms with Crippen molar-refractivity contribution in [1.82, 2.24) is 5.32 Å². The van der Waals surface area contributed by atoms with E-state index in [2.05, 4.69) is 25.2 Å². The molecule has 0 bridgehead atoms. The third-order valence-electron chi connectivity index (χ3n) is 3.96. The molecule has 1 fully saturated rings. The molecule has 0 aliphatic carbocycles. The number of carbonyl (C=O) groups excluding carboxylic acids is 1. The fourth-order valence-electron chi connectivity index (χ4n) is 2.88. The van der Waals surface area contributed by atoms with Gasteiger partial charge >= 0.3 is 0 Å². The van der Waals surface area contributed by atoms with Gasteiger partial charge in [-0.3, -0.25) is 4.79 Å². The van der Waals surface area contributed by atoms with Crippen LogP contribution < -0.4 is 10.1 Å². The van der Waals surface area contributed by atoms with Crippen LogP contribution in [0.3, 0.4) is 0 Å². The number of piperidine rings is 1. The minimum absolute atomic E-state index is 0.133. The largest absolute Gasteiger partial charge is 0.492 e. The van der Waals surface area contributed by atoms with Crippen LogP contribution in [0.4, 0.5) is 0 Å². The quantitative estimate of drug-likeness (QED) is 0.843. The van der Waals surface area contributed by atoms with E-state index in [0.717, 1.165) is 48.4 Å². The second-order valence-electron chi connectivity index (χ2n) is 6.55. The number of carbonyl (C=O) groups is 1. The first kappa shape index (κ1) is 16.0. The van der Waals surface area contributed by atoms with Crippen LogP contribution in [0.2, 0.25) is 0 Å². The Balaban J connectivity index is 2.28. The first-order valence-corrected chi connectivity index (χ1v) is 7.98. The Kier molecular flexibility index (Phi) is 5.40. The summed E-state index contributed by atoms with van der Waals surface area (Å²) in [5, 5.41) is 3.32. The van der Waals surface area contributed by atoms with Gasteiger partial charge in [-0.05, 0) is 62.9 Å². The van der Waals surface area contributed by atoms with Crippen molar-refractivity contribution in [2.24, 2.45) is 11.8 Å². The summed E-state index contributed by atoms with van der Waals surface area (Å²) >= 11 is 0. The minimum atomic E-state index is 0.133. The molecule has 1 aliphatic heterocycles. The average Bonchev–Trinajstić information content (AvgIpc) is 2.45. The topological polar surface area (TPSA) is 38.3 Å². The molecule has 0 amide bonds. The molecule has 1 aromatic carbocycles. The molecule has 116 valence electrons. The van der Waals surface area contributed by atoms with Crippen molar-refractivity contribution in [3.8, 4) is 5.75 Å². The maximum atomic E-state index is 12.9. The maximum Gasteiger partial charge on any atom is 0.169 e. The summed E-state index contributed by atoms with van der Waals surface area (Å²) in [4.78, 5) is 12.9. The molecule has 1 aliphatic rings. The van der Waals surface area contributed by atoms with E-state index in [1.54, 1.807) is 0 Å². The summed E-state index contributed by atoms with van der Waals surface area (Å²) < 4.78 is 5.96. The zero-order valence-corrected chi connectivity index (χ0v) is 13.7. The number of hydrogen-bond acceptors (Lipinski definition) is 3. The first-order chi connectivity index (χ1) is 9.99. The van der Waals surface area contributed by atoms with Crippen molar-refractivity contribution in [2.45, 2.75) is 40.5 Å². The van der Waals surface area contributed by atoms with Crippen LogP contribution in [0.5, 0.6) is 5.75 Å². The van der Waals surface area contributed by atoms with E-state index in [1.807, 2.05) is 19.9 Å². The summed E-state index contributed by atoms with van der Waals surface area (Å²) in [7, 11) is 0. The summed E-state index contributed by atoms with van der Waals surface area (Å²) in [6.45, 7) is 10.8. The van der Waals surface area contributed by atoms with E-state index in [4.69, 9.17) is 4.74 Å². The van der Waals surface area contributed by atoms with Crippen LogP contribution in [-0.4, -0.2) is 25.5 Å². The van der Waals surface area contributed by atoms with Crippen molar-refractivity contribution < 1.29 is 9.53 Å². The highest BCUT2D eigenvalue weighted by molar-refractivity contribution is 6.01. The smallest absolute Gasteiger partial charge is 0.169 e. The number of benzene rings is 1. The Bertz CT molecular complexity index is 502. The minimum Gasteiger partial charge on any atom is -0.492 e. The van der Waals surface area contributed by atoms with Crippen LogP contribution in [-0.2, 0) is 0 Å². The van der Waals surface area contributed by atoms with E-state index in [1.165, 1.54) is 0 Å². The van der Waals surface area contributed by atoms with Gasteiger partial charge in [0.15, 0.2) is 5.78 Å². The summed E-state index contributed by atoms with van der Waals surface area (Å²) in [5.41, 5.74) is 2.97. The number of hydrogen-bond donors (Lipinski definition) is 1. The van der Waals surface area contributed by atoms with Gasteiger partial charge in [-0.1, -0.05) is 19.9 Å². The Labute approximate surface area is 128 Å². The lowest BCUT2D eigenvalue weighted by molar-refractivity contribution is 0.0890. The van der Waals surface area contributed by atoms with Crippen LogP contribution in [0.1, 0.15) is 48.2 Å². The number of ether oxygens (including phenoxy) is 1. The molecule has 3 nitrogen and oxygen atoms in total. The van der Waals surface area contributed by atoms with Gasteiger partial charge in [-0.2, -0.15) is 0 Å². The van der Waals surface area contributed by atoms with Crippen molar-refractivity contribution >= 4 is 5.78 Å². The Morgan fingerprint density at radius 1 is 1.29 bits per heavy atom. The molecule has 0 aromatic heterocycles. The molecule has 3 heteroatoms. The molecule has 0 atom stereocenters. The standard InChI is InChI=1S/C18H27NO2/c1-12(2)11-21-18-14(4)9-13(3)10-16(18)17(20)15-5-7-19-8-6-15/h9-10,12,15,19H,5-8,11H2,1-4H3. The highest BCUT2D eigenvalue weighted by Crippen LogP contribution is 2.30. The fraction of sp³-hybridized carbons (Fsp3) is 0.611. The predicted molar refractivity (Wildman–Crippen MR) is 86.2 cm³/mol. The molecule has 0 radical (unpaired) electrons. The lowest BCUT2D eigenvalue weighted by Crippen LogP contribution is -2.32. The van der Waals surface area contributed by atoms with Gasteiger partial charge in [0.25, 0.3) is 0 Å². The molecule has 1 N–H and O–H groups in total. The van der Waals surface area contributed by atoms with Crippen LogP contribution in [0.15, 0.2) is 12.1 Å². The van der Waals surface area contributed by atoms with Crippen LogP contribution in [0.25, 0.3) is 0 Å². The zero-order chi connectivity index (χ0) is 15.4. The van der Waals surface area contributed by atoms with Crippen LogP contribution >= 0.6 is 0 Å². The molecule has 0 spiro atoms. The Hall–Kier alpha value is -1.35. The van der Waals surface area contributed by atoms with Crippen molar-refractivity contribution in [1.29, 1.82) is 0 Å². The summed E-state index contributed by atoms with van der Waals surface area (Å²) in [6.07, 6.45) is 1.85. The third kappa shape index (κ3) is 4.07. The average molecular weight is 289 g/mol. The first-order valence-electron chi connectivity index (χ1n) is 7.98. The van der Waals surface area contributed by atoms with E-state index in [-0.39, 0.29) is 11.7 Å². The van der Waals surface area contributed by atoms with Gasteiger partial charge in [0.2, 0.25) is 0 Å². The van der Waals surface area contributed by atoms with Crippen molar-refractivity contribution in [3.63, 3.8) is 0 Å². The number of Topliss-reactive ketones (excluding diaryl/α,β-unsaturated/α-hetero) is 1. The van der Waals surface area contributed by atoms with Gasteiger partial charge < -0.3 is 10.1 Å². The SMILES string of the molecule is Cc1cc(C)c(OCC(C)C)c(C(=O)C2CCNCC2)c1. The molecule has 0 saturated carbocycles. The summed E-state index contributed by atoms with van der Waals surface area (Å²) in [6, 6.07) is 4.09. The lowest BCUT2D eigenvalue weighted by atomic mass is 9.88. The van der Waals surface area contributed by atoms with Crippen molar-refractivity contribution in [3.05, 3.63) is 28.8 Å². The molecular weight excluding hydrogens is 262 g/mol. The van der Waals surface area contributed by atoms with E-state index in [9.17, 15) is 4.79 Å². The molecule has 1 aromatic rings. The number of ketones is 1. The monoisotopic (exact) mass is 289 g/mol. The van der Waals surface area contributed by atoms with E-state index in [0.29, 0.717) is 12.5 Å². The molecule has 2 rings (SSSR count). The Morgan fingerprint density at radius 2 is 1.95 bits per heavy atom. The Morgan fingerprint density at radius 3 is 2.57 bits per heavy atom. The fourth-order valence-corrected chi connectivity index (χ4v) is 2.88. The highest BCUT2D eigenvalue weighted by atomic mass is 16.5. The molecular formula is C18H27NO2. The highest BCUT2D eigenvalue weighted by Gasteiger charge is 2.25. The van der Waals surface area contributed by atoms with Gasteiger partial charge in [0, 0.05) is 5.92 Å². The van der Waals surface area contributed by atoms with Crippen molar-refractivity contribution in [2.75, 3.05) is 19.7 Å². The molecule has 1 saturated heterocycles. The van der Waals surface area contributed by atoms with E-state index < -0.39 is 0 Å². The van der Waals surface area contributed by atoms with Crippen LogP contribution in [0, 0.1) is 25.7 Å². The lowest BCUT2D eigenvalue weighted by Gasteiger charge is -2.23. The number of rotatable bonds is 5. The normalized spacial score (nSPS) is 16.2. The predicted octanol–water partition coefficient (Wildman–Crippen LogP) is 3.52. The third-order valence-corrected chi connectivity index (χ3v) is 3.96. The molecule has 1 heterocycles. The second-order valence-corrected chi connectivity index (χ2v) is 6.55. The molecule has 21 heavy (non-hydrogen) atoms. The van der Waals surface area contributed by atoms with E-state index >= 15 is 0 Å². The number of nitrogens with one attached hydrogen (secondary N) is 1. The maximum absolute atomic E-state index is 12.9. The van der Waals surface area contributed by atoms with Gasteiger partial charge in [-0.15, -0.1) is 0 Å². The van der Waals surface area contributed by atoms with Gasteiger partial charge in [-0.25, -0.2) is 0 Å². The van der Waals surface area contributed by atoms with Gasteiger partial charge in [0.05, 0.1) is 12.2 Å².